The van der Waals surface area contributed by atoms with Gasteiger partial charge in [0.2, 0.25) is 0 Å². The van der Waals surface area contributed by atoms with Gasteiger partial charge in [0, 0.05) is 12.6 Å². The van der Waals surface area contributed by atoms with E-state index >= 15 is 0 Å². The lowest BCUT2D eigenvalue weighted by Gasteiger charge is -2.10. The van der Waals surface area contributed by atoms with Crippen molar-refractivity contribution in [3.8, 4) is 0 Å². The van der Waals surface area contributed by atoms with Crippen molar-refractivity contribution in [3.05, 3.63) is 29.3 Å². The summed E-state index contributed by atoms with van der Waals surface area (Å²) in [6, 6.07) is 2.35. The molecule has 0 saturated heterocycles. The van der Waals surface area contributed by atoms with Gasteiger partial charge in [-0.05, 0) is 32.4 Å². The van der Waals surface area contributed by atoms with Crippen LogP contribution in [0.5, 0.6) is 0 Å². The minimum absolute atomic E-state index is 0.140. The minimum atomic E-state index is -0.441. The number of nitrogens with one attached hydrogen (secondary N) is 1. The van der Waals surface area contributed by atoms with Gasteiger partial charge in [-0.1, -0.05) is 0 Å². The van der Waals surface area contributed by atoms with Gasteiger partial charge >= 0.3 is 0 Å². The molecule has 2 nitrogen and oxygen atoms in total. The molecule has 0 amide bonds. The summed E-state index contributed by atoms with van der Waals surface area (Å²) in [5.41, 5.74) is 0.483. The summed E-state index contributed by atoms with van der Waals surface area (Å²) in [6.45, 7) is 6.30. The molecule has 0 spiro atoms. The van der Waals surface area contributed by atoms with E-state index in [-0.39, 0.29) is 11.8 Å². The van der Waals surface area contributed by atoms with Gasteiger partial charge < -0.3 is 10.1 Å². The molecule has 0 aliphatic carbocycles. The summed E-state index contributed by atoms with van der Waals surface area (Å²) in [4.78, 5) is 0. The van der Waals surface area contributed by atoms with Gasteiger partial charge in [0.15, 0.2) is 0 Å². The summed E-state index contributed by atoms with van der Waals surface area (Å²) in [5.74, 6) is -0.850. The predicted molar refractivity (Wildman–Crippen MR) is 60.7 cm³/mol. The van der Waals surface area contributed by atoms with E-state index in [4.69, 9.17) is 4.74 Å². The molecule has 1 rings (SSSR count). The van der Waals surface area contributed by atoms with Crippen molar-refractivity contribution >= 4 is 5.69 Å². The van der Waals surface area contributed by atoms with Crippen molar-refractivity contribution in [1.29, 1.82) is 0 Å². The van der Waals surface area contributed by atoms with Crippen LogP contribution in [0.4, 0.5) is 14.5 Å². The van der Waals surface area contributed by atoms with Gasteiger partial charge in [0.25, 0.3) is 0 Å². The topological polar surface area (TPSA) is 21.3 Å². The van der Waals surface area contributed by atoms with Gasteiger partial charge in [-0.15, -0.1) is 0 Å². The van der Waals surface area contributed by atoms with Crippen LogP contribution in [-0.2, 0) is 4.74 Å². The second kappa shape index (κ2) is 5.80. The molecular weight excluding hydrogens is 212 g/mol. The molecule has 0 fully saturated rings. The molecular formula is C12H17F2NO. The standard InChI is InChI=1S/C12H17F2NO/c1-8(2)16-5-4-15-12-7-10(13)9(3)6-11(12)14/h6-8,15H,4-5H2,1-3H3. The van der Waals surface area contributed by atoms with Crippen LogP contribution in [0.2, 0.25) is 0 Å². The average Bonchev–Trinajstić information content (AvgIpc) is 2.19. The van der Waals surface area contributed by atoms with E-state index in [1.165, 1.54) is 19.1 Å². The Kier molecular flexibility index (Phi) is 4.68. The lowest BCUT2D eigenvalue weighted by atomic mass is 10.2. The number of rotatable bonds is 5. The van der Waals surface area contributed by atoms with Crippen LogP contribution in [0, 0.1) is 18.6 Å². The first-order valence-electron chi connectivity index (χ1n) is 5.32. The van der Waals surface area contributed by atoms with E-state index in [0.29, 0.717) is 18.7 Å². The number of halogens is 2. The monoisotopic (exact) mass is 229 g/mol. The zero-order chi connectivity index (χ0) is 12.1. The Hall–Kier alpha value is -1.16. The molecule has 1 aromatic rings. The van der Waals surface area contributed by atoms with Gasteiger partial charge in [-0.3, -0.25) is 0 Å². The van der Waals surface area contributed by atoms with Crippen LogP contribution < -0.4 is 5.32 Å². The Morgan fingerprint density at radius 2 is 1.94 bits per heavy atom. The van der Waals surface area contributed by atoms with Crippen molar-refractivity contribution in [2.24, 2.45) is 0 Å². The zero-order valence-corrected chi connectivity index (χ0v) is 9.81. The Morgan fingerprint density at radius 3 is 2.56 bits per heavy atom. The second-order valence-corrected chi connectivity index (χ2v) is 3.93. The molecule has 4 heteroatoms. The molecule has 0 atom stereocenters. The normalized spacial score (nSPS) is 10.9. The first kappa shape index (κ1) is 12.9. The summed E-state index contributed by atoms with van der Waals surface area (Å²) in [7, 11) is 0. The van der Waals surface area contributed by atoms with Crippen molar-refractivity contribution in [2.75, 3.05) is 18.5 Å². The third-order valence-corrected chi connectivity index (χ3v) is 2.12. The number of benzene rings is 1. The van der Waals surface area contributed by atoms with Crippen LogP contribution in [0.1, 0.15) is 19.4 Å². The zero-order valence-electron chi connectivity index (χ0n) is 9.81. The highest BCUT2D eigenvalue weighted by Gasteiger charge is 2.06. The van der Waals surface area contributed by atoms with Gasteiger partial charge in [0.05, 0.1) is 18.4 Å². The molecule has 0 saturated carbocycles. The fourth-order valence-corrected chi connectivity index (χ4v) is 1.26. The van der Waals surface area contributed by atoms with E-state index in [2.05, 4.69) is 5.32 Å². The maximum absolute atomic E-state index is 13.3. The number of hydrogen-bond donors (Lipinski definition) is 1. The van der Waals surface area contributed by atoms with Crippen molar-refractivity contribution < 1.29 is 13.5 Å². The molecule has 0 bridgehead atoms. The number of hydrogen-bond acceptors (Lipinski definition) is 2. The highest BCUT2D eigenvalue weighted by molar-refractivity contribution is 5.46. The van der Waals surface area contributed by atoms with E-state index in [1.54, 1.807) is 0 Å². The van der Waals surface area contributed by atoms with Crippen LogP contribution in [-0.4, -0.2) is 19.3 Å². The van der Waals surface area contributed by atoms with Crippen LogP contribution in [0.15, 0.2) is 12.1 Å². The molecule has 0 unspecified atom stereocenters. The third kappa shape index (κ3) is 3.77. The van der Waals surface area contributed by atoms with E-state index in [9.17, 15) is 8.78 Å². The Balaban J connectivity index is 2.51. The fourth-order valence-electron chi connectivity index (χ4n) is 1.26. The molecule has 1 aromatic carbocycles. The summed E-state index contributed by atoms with van der Waals surface area (Å²) >= 11 is 0. The Morgan fingerprint density at radius 1 is 1.25 bits per heavy atom. The first-order valence-corrected chi connectivity index (χ1v) is 5.32. The van der Waals surface area contributed by atoms with E-state index < -0.39 is 11.6 Å². The number of ether oxygens (including phenoxy) is 1. The summed E-state index contributed by atoms with van der Waals surface area (Å²) < 4.78 is 31.8. The number of aryl methyl sites for hydroxylation is 1. The van der Waals surface area contributed by atoms with Crippen LogP contribution >= 0.6 is 0 Å². The first-order chi connectivity index (χ1) is 7.50. The van der Waals surface area contributed by atoms with Gasteiger partial charge in [0.1, 0.15) is 11.6 Å². The summed E-state index contributed by atoms with van der Waals surface area (Å²) in [5, 5.41) is 2.80. The maximum Gasteiger partial charge on any atom is 0.146 e. The smallest absolute Gasteiger partial charge is 0.146 e. The quantitative estimate of drug-likeness (QED) is 0.783. The van der Waals surface area contributed by atoms with Gasteiger partial charge in [-0.25, -0.2) is 8.78 Å². The molecule has 0 aromatic heterocycles. The van der Waals surface area contributed by atoms with Crippen LogP contribution in [0.25, 0.3) is 0 Å². The highest BCUT2D eigenvalue weighted by atomic mass is 19.1. The molecule has 0 aliphatic heterocycles. The van der Waals surface area contributed by atoms with E-state index in [0.717, 1.165) is 0 Å². The molecule has 0 heterocycles. The molecule has 0 aliphatic rings. The molecule has 16 heavy (non-hydrogen) atoms. The maximum atomic E-state index is 13.3. The predicted octanol–water partition coefficient (Wildman–Crippen LogP) is 3.11. The lowest BCUT2D eigenvalue weighted by Crippen LogP contribution is -2.14. The van der Waals surface area contributed by atoms with Crippen LogP contribution in [0.3, 0.4) is 0 Å². The number of anilines is 1. The van der Waals surface area contributed by atoms with Crippen molar-refractivity contribution in [3.63, 3.8) is 0 Å². The summed E-state index contributed by atoms with van der Waals surface area (Å²) in [6.07, 6.45) is 0.140. The SMILES string of the molecule is Cc1cc(F)c(NCCOC(C)C)cc1F. The van der Waals surface area contributed by atoms with E-state index in [1.807, 2.05) is 13.8 Å². The minimum Gasteiger partial charge on any atom is -0.380 e. The largest absolute Gasteiger partial charge is 0.380 e. The Bertz CT molecular complexity index is 353. The third-order valence-electron chi connectivity index (χ3n) is 2.12. The van der Waals surface area contributed by atoms with Crippen molar-refractivity contribution in [1.82, 2.24) is 0 Å². The molecule has 90 valence electrons. The Labute approximate surface area is 94.6 Å². The van der Waals surface area contributed by atoms with Gasteiger partial charge in [-0.2, -0.15) is 0 Å². The highest BCUT2D eigenvalue weighted by Crippen LogP contribution is 2.18. The second-order valence-electron chi connectivity index (χ2n) is 3.93. The van der Waals surface area contributed by atoms with Crippen molar-refractivity contribution in [2.45, 2.75) is 26.9 Å². The lowest BCUT2D eigenvalue weighted by molar-refractivity contribution is 0.0870. The average molecular weight is 229 g/mol. The molecule has 1 N–H and O–H groups in total. The molecule has 0 radical (unpaired) electrons. The fraction of sp³-hybridized carbons (Fsp3) is 0.500.